The van der Waals surface area contributed by atoms with E-state index in [1.54, 1.807) is 24.3 Å². The van der Waals surface area contributed by atoms with Crippen LogP contribution in [0.4, 0.5) is 11.4 Å². The first-order valence-corrected chi connectivity index (χ1v) is 9.97. The molecule has 1 aliphatic heterocycles. The van der Waals surface area contributed by atoms with E-state index in [1.165, 1.54) is 37.4 Å². The average molecular weight is 467 g/mol. The van der Waals surface area contributed by atoms with Gasteiger partial charge in [0.15, 0.2) is 5.75 Å². The first kappa shape index (κ1) is 22.0. The summed E-state index contributed by atoms with van der Waals surface area (Å²) in [5.41, 5.74) is -0.375. The molecule has 1 aliphatic rings. The van der Waals surface area contributed by atoms with Gasteiger partial charge in [0.1, 0.15) is 11.3 Å². The molecule has 1 heterocycles. The van der Waals surface area contributed by atoms with E-state index in [9.17, 15) is 24.5 Å². The van der Waals surface area contributed by atoms with Crippen LogP contribution in [0.25, 0.3) is 0 Å². The van der Waals surface area contributed by atoms with E-state index in [-0.39, 0.29) is 34.0 Å². The number of benzene rings is 3. The maximum absolute atomic E-state index is 13.0. The van der Waals surface area contributed by atoms with Gasteiger partial charge in [0.25, 0.3) is 17.5 Å². The van der Waals surface area contributed by atoms with Crippen molar-refractivity contribution in [1.82, 2.24) is 0 Å². The number of rotatable bonds is 6. The summed E-state index contributed by atoms with van der Waals surface area (Å²) in [7, 11) is 1.53. The number of imide groups is 1. The summed E-state index contributed by atoms with van der Waals surface area (Å²) < 4.78 is 10.5. The zero-order chi connectivity index (χ0) is 23.7. The monoisotopic (exact) mass is 466 g/mol. The molecule has 0 N–H and O–H groups in total. The van der Waals surface area contributed by atoms with E-state index in [4.69, 9.17) is 21.1 Å². The number of carbonyl (C=O) groups excluding carboxylic acids is 3. The number of methoxy groups -OCH3 is 1. The fourth-order valence-corrected chi connectivity index (χ4v) is 3.63. The molecule has 0 aromatic heterocycles. The van der Waals surface area contributed by atoms with Crippen LogP contribution in [-0.4, -0.2) is 29.8 Å². The van der Waals surface area contributed by atoms with Gasteiger partial charge in [-0.05, 0) is 42.0 Å². The van der Waals surface area contributed by atoms with Crippen molar-refractivity contribution in [3.05, 3.63) is 92.5 Å². The second kappa shape index (κ2) is 8.71. The smallest absolute Gasteiger partial charge is 0.315 e. The molecule has 33 heavy (non-hydrogen) atoms. The number of hydrogen-bond acceptors (Lipinski definition) is 7. The maximum Gasteiger partial charge on any atom is 0.315 e. The minimum absolute atomic E-state index is 0.0837. The summed E-state index contributed by atoms with van der Waals surface area (Å²) in [5, 5.41) is 11.5. The van der Waals surface area contributed by atoms with Gasteiger partial charge in [0.05, 0.1) is 29.7 Å². The van der Waals surface area contributed by atoms with Crippen molar-refractivity contribution >= 4 is 40.8 Å². The van der Waals surface area contributed by atoms with E-state index >= 15 is 0 Å². The highest BCUT2D eigenvalue weighted by Crippen LogP contribution is 2.39. The van der Waals surface area contributed by atoms with Crippen LogP contribution in [-0.2, 0) is 11.2 Å². The minimum atomic E-state index is -0.906. The number of nitro benzene ring substituents is 1. The summed E-state index contributed by atoms with van der Waals surface area (Å²) >= 11 is 6.07. The number of nitro groups is 1. The lowest BCUT2D eigenvalue weighted by Gasteiger charge is -2.18. The topological polar surface area (TPSA) is 116 Å². The molecular formula is C23H15ClN2O7. The third kappa shape index (κ3) is 4.13. The molecule has 0 saturated heterocycles. The molecule has 0 unspecified atom stereocenters. The molecule has 0 aliphatic carbocycles. The van der Waals surface area contributed by atoms with Gasteiger partial charge < -0.3 is 9.47 Å². The lowest BCUT2D eigenvalue weighted by molar-refractivity contribution is -0.385. The number of halogens is 1. The van der Waals surface area contributed by atoms with Gasteiger partial charge in [-0.3, -0.25) is 24.5 Å². The average Bonchev–Trinajstić information content (AvgIpc) is 3.05. The van der Waals surface area contributed by atoms with Crippen LogP contribution in [0.2, 0.25) is 5.02 Å². The Morgan fingerprint density at radius 2 is 1.79 bits per heavy atom. The number of carbonyl (C=O) groups is 3. The second-order valence-corrected chi connectivity index (χ2v) is 7.45. The molecule has 2 amide bonds. The molecule has 0 fully saturated rings. The summed E-state index contributed by atoms with van der Waals surface area (Å²) in [4.78, 5) is 49.9. The number of nitrogens with zero attached hydrogens (tertiary/aromatic N) is 2. The van der Waals surface area contributed by atoms with Crippen LogP contribution < -0.4 is 14.4 Å². The molecule has 10 heteroatoms. The Morgan fingerprint density at radius 1 is 1.06 bits per heavy atom. The van der Waals surface area contributed by atoms with Gasteiger partial charge in [-0.15, -0.1) is 0 Å². The standard InChI is InChI=1S/C23H15ClN2O7/c1-32-15-8-5-13(6-9-15)11-20(27)33-19-10-7-14(24)12-18(19)25-22(28)16-3-2-4-17(26(30)31)21(16)23(25)29/h2-10,12H,11H2,1H3. The van der Waals surface area contributed by atoms with Gasteiger partial charge in [0, 0.05) is 11.1 Å². The van der Waals surface area contributed by atoms with Crippen molar-refractivity contribution in [3.8, 4) is 11.5 Å². The highest BCUT2D eigenvalue weighted by Gasteiger charge is 2.43. The molecule has 4 rings (SSSR count). The van der Waals surface area contributed by atoms with Gasteiger partial charge >= 0.3 is 5.97 Å². The van der Waals surface area contributed by atoms with Gasteiger partial charge in [-0.25, -0.2) is 4.90 Å². The first-order chi connectivity index (χ1) is 15.8. The molecular weight excluding hydrogens is 452 g/mol. The number of ether oxygens (including phenoxy) is 2. The lowest BCUT2D eigenvalue weighted by atomic mass is 10.1. The quantitative estimate of drug-likeness (QED) is 0.176. The Balaban J connectivity index is 1.65. The first-order valence-electron chi connectivity index (χ1n) is 9.59. The van der Waals surface area contributed by atoms with Crippen LogP contribution in [0.15, 0.2) is 60.7 Å². The van der Waals surface area contributed by atoms with E-state index < -0.39 is 28.4 Å². The fourth-order valence-electron chi connectivity index (χ4n) is 3.46. The van der Waals surface area contributed by atoms with Crippen molar-refractivity contribution in [2.75, 3.05) is 12.0 Å². The summed E-state index contributed by atoms with van der Waals surface area (Å²) in [6.45, 7) is 0. The van der Waals surface area contributed by atoms with Crippen molar-refractivity contribution in [3.63, 3.8) is 0 Å². The molecule has 9 nitrogen and oxygen atoms in total. The third-order valence-electron chi connectivity index (χ3n) is 4.98. The number of esters is 1. The Hall–Kier alpha value is -4.24. The zero-order valence-electron chi connectivity index (χ0n) is 17.1. The van der Waals surface area contributed by atoms with Crippen LogP contribution in [0.3, 0.4) is 0 Å². The normalized spacial score (nSPS) is 12.5. The van der Waals surface area contributed by atoms with Gasteiger partial charge in [-0.2, -0.15) is 0 Å². The Labute approximate surface area is 192 Å². The highest BCUT2D eigenvalue weighted by molar-refractivity contribution is 6.37. The SMILES string of the molecule is COc1ccc(CC(=O)Oc2ccc(Cl)cc2N2C(=O)c3cccc([N+](=O)[O-])c3C2=O)cc1. The summed E-state index contributed by atoms with van der Waals surface area (Å²) in [6.07, 6.45) is -0.0837. The fraction of sp³-hybridized carbons (Fsp3) is 0.0870. The zero-order valence-corrected chi connectivity index (χ0v) is 17.9. The minimum Gasteiger partial charge on any atom is -0.497 e. The second-order valence-electron chi connectivity index (χ2n) is 7.01. The number of hydrogen-bond donors (Lipinski definition) is 0. The predicted octanol–water partition coefficient (Wildman–Crippen LogP) is 4.21. The van der Waals surface area contributed by atoms with E-state index in [2.05, 4.69) is 0 Å². The van der Waals surface area contributed by atoms with Crippen molar-refractivity contribution in [2.24, 2.45) is 0 Å². The van der Waals surface area contributed by atoms with Crippen molar-refractivity contribution < 1.29 is 28.8 Å². The molecule has 0 bridgehead atoms. The van der Waals surface area contributed by atoms with Crippen LogP contribution in [0, 0.1) is 10.1 Å². The van der Waals surface area contributed by atoms with Crippen LogP contribution in [0.5, 0.6) is 11.5 Å². The molecule has 3 aromatic rings. The van der Waals surface area contributed by atoms with E-state index in [1.807, 2.05) is 0 Å². The molecule has 166 valence electrons. The maximum atomic E-state index is 13.0. The number of fused-ring (bicyclic) bond motifs is 1. The van der Waals surface area contributed by atoms with Gasteiger partial charge in [0.2, 0.25) is 0 Å². The summed E-state index contributed by atoms with van der Waals surface area (Å²) in [5.74, 6) is -1.79. The van der Waals surface area contributed by atoms with E-state index in [0.29, 0.717) is 11.3 Å². The van der Waals surface area contributed by atoms with E-state index in [0.717, 1.165) is 11.0 Å². The largest absolute Gasteiger partial charge is 0.497 e. The highest BCUT2D eigenvalue weighted by atomic mass is 35.5. The molecule has 0 atom stereocenters. The van der Waals surface area contributed by atoms with Crippen molar-refractivity contribution in [1.29, 1.82) is 0 Å². The Morgan fingerprint density at radius 3 is 2.45 bits per heavy atom. The predicted molar refractivity (Wildman–Crippen MR) is 118 cm³/mol. The Bertz CT molecular complexity index is 1300. The van der Waals surface area contributed by atoms with Crippen LogP contribution >= 0.6 is 11.6 Å². The molecule has 3 aromatic carbocycles. The van der Waals surface area contributed by atoms with Crippen molar-refractivity contribution in [2.45, 2.75) is 6.42 Å². The molecule has 0 saturated carbocycles. The van der Waals surface area contributed by atoms with Gasteiger partial charge in [-0.1, -0.05) is 29.8 Å². The molecule has 0 spiro atoms. The molecule has 0 radical (unpaired) electrons. The lowest BCUT2D eigenvalue weighted by Crippen LogP contribution is -2.30. The van der Waals surface area contributed by atoms with Crippen LogP contribution in [0.1, 0.15) is 26.3 Å². The summed E-state index contributed by atoms with van der Waals surface area (Å²) in [6, 6.07) is 14.6. The Kier molecular flexibility index (Phi) is 5.80. The number of amides is 2. The third-order valence-corrected chi connectivity index (χ3v) is 5.22. The number of anilines is 1.